The van der Waals surface area contributed by atoms with E-state index in [-0.39, 0.29) is 16.7 Å². The molecular weight excluding hydrogens is 576 g/mol. The molecule has 238 valence electrons. The first-order valence-corrected chi connectivity index (χ1v) is 16.3. The van der Waals surface area contributed by atoms with Crippen LogP contribution in [0.5, 0.6) is 5.75 Å². The zero-order chi connectivity index (χ0) is 32.9. The van der Waals surface area contributed by atoms with Crippen molar-refractivity contribution < 1.29 is 32.9 Å². The number of rotatable bonds is 13. The maximum absolute atomic E-state index is 11.9. The minimum absolute atomic E-state index is 0.139. The molecule has 0 unspecified atom stereocenters. The lowest BCUT2D eigenvalue weighted by Gasteiger charge is -2.29. The Labute approximate surface area is 262 Å². The molecule has 0 aromatic heterocycles. The van der Waals surface area contributed by atoms with Gasteiger partial charge in [0.15, 0.2) is 0 Å². The Balaban J connectivity index is 1.92. The molecule has 1 aliphatic rings. The summed E-state index contributed by atoms with van der Waals surface area (Å²) < 4.78 is 42.0. The fourth-order valence-electron chi connectivity index (χ4n) is 4.90. The van der Waals surface area contributed by atoms with E-state index in [1.165, 1.54) is 12.1 Å². The molecule has 0 atom stereocenters. The van der Waals surface area contributed by atoms with E-state index in [9.17, 15) is 17.8 Å². The maximum Gasteiger partial charge on any atom is 0.303 e. The molecule has 0 spiro atoms. The number of carboxylic acids is 1. The molecule has 3 N–H and O–H groups in total. The van der Waals surface area contributed by atoms with Gasteiger partial charge in [-0.25, -0.2) is 8.42 Å². The van der Waals surface area contributed by atoms with Crippen LogP contribution in [0, 0.1) is 5.41 Å². The fourth-order valence-corrected chi connectivity index (χ4v) is 5.40. The number of anilines is 1. The van der Waals surface area contributed by atoms with Crippen molar-refractivity contribution in [3.8, 4) is 5.75 Å². The molecular formula is C35H46N2O6S. The molecule has 3 rings (SSSR count). The average molecular weight is 623 g/mol. The molecule has 0 saturated heterocycles. The van der Waals surface area contributed by atoms with Gasteiger partial charge in [-0.1, -0.05) is 59.4 Å². The lowest BCUT2D eigenvalue weighted by Crippen LogP contribution is -2.78. The number of aliphatic carboxylic acids is 1. The van der Waals surface area contributed by atoms with Gasteiger partial charge in [0.1, 0.15) is 27.3 Å². The highest BCUT2D eigenvalue weighted by atomic mass is 32.2. The van der Waals surface area contributed by atoms with E-state index >= 15 is 0 Å². The molecule has 2 aromatic carbocycles. The summed E-state index contributed by atoms with van der Waals surface area (Å²) in [4.78, 5) is 12.5. The van der Waals surface area contributed by atoms with Crippen LogP contribution < -0.4 is 15.0 Å². The van der Waals surface area contributed by atoms with Crippen molar-refractivity contribution in [1.82, 2.24) is 0 Å². The van der Waals surface area contributed by atoms with Crippen LogP contribution in [0.15, 0.2) is 83.5 Å². The summed E-state index contributed by atoms with van der Waals surface area (Å²) in [6.07, 6.45) is 10.2. The maximum atomic E-state index is 11.9. The smallest absolute Gasteiger partial charge is 0.303 e. The SMILES string of the molecule is C=C(C=CC=C1C=C(C(C)(C)C)Oc2cc(N(C)C)ccc21)C(C)(C)c1cc(S(=O)(=O)[O-])ccc1[NH2+]CCCCCC(=O)O. The largest absolute Gasteiger partial charge is 0.744 e. The highest BCUT2D eigenvalue weighted by Crippen LogP contribution is 2.41. The number of carboxylic acid groups (broad SMARTS) is 1. The van der Waals surface area contributed by atoms with Gasteiger partial charge in [-0.05, 0) is 60.8 Å². The summed E-state index contributed by atoms with van der Waals surface area (Å²) in [5.74, 6) is 0.847. The van der Waals surface area contributed by atoms with Gasteiger partial charge >= 0.3 is 5.97 Å². The number of nitrogens with two attached hydrogens (primary N) is 1. The van der Waals surface area contributed by atoms with Crippen LogP contribution >= 0.6 is 0 Å². The minimum atomic E-state index is -4.65. The molecule has 1 aliphatic heterocycles. The Kier molecular flexibility index (Phi) is 11.1. The lowest BCUT2D eigenvalue weighted by atomic mass is 9.77. The Hall–Kier alpha value is -3.66. The van der Waals surface area contributed by atoms with Gasteiger partial charge < -0.3 is 24.6 Å². The first-order valence-electron chi connectivity index (χ1n) is 14.9. The van der Waals surface area contributed by atoms with Gasteiger partial charge in [-0.3, -0.25) is 4.79 Å². The Bertz CT molecular complexity index is 1590. The second kappa shape index (κ2) is 14.0. The predicted molar refractivity (Wildman–Crippen MR) is 175 cm³/mol. The third-order valence-corrected chi connectivity index (χ3v) is 8.69. The molecule has 2 aromatic rings. The standard InChI is InChI=1S/C35H46N2O6S/c1-24(13-12-14-25-21-32(34(2,3)4)43-31-22-26(37(7)8)16-18-28(25)31)35(5,6)29-23-27(44(40,41)42)17-19-30(29)36-20-11-9-10-15-33(38)39/h12-14,16-19,21-23,36H,1,9-11,15,20H2,2-8H3,(H,38,39)(H,40,41,42). The number of unbranched alkanes of at least 4 members (excludes halogenated alkanes) is 2. The summed E-state index contributed by atoms with van der Waals surface area (Å²) in [5.41, 5.74) is 4.36. The zero-order valence-corrected chi connectivity index (χ0v) is 27.8. The molecule has 8 nitrogen and oxygen atoms in total. The third kappa shape index (κ3) is 8.94. The van der Waals surface area contributed by atoms with Crippen LogP contribution in [-0.4, -0.2) is 44.7 Å². The fraction of sp³-hybridized carbons (Fsp3) is 0.400. The summed E-state index contributed by atoms with van der Waals surface area (Å²) >= 11 is 0. The van der Waals surface area contributed by atoms with Gasteiger partial charge in [-0.15, -0.1) is 0 Å². The number of nitrogens with zero attached hydrogens (tertiary/aromatic N) is 1. The van der Waals surface area contributed by atoms with Crippen molar-refractivity contribution >= 4 is 33.0 Å². The molecule has 0 saturated carbocycles. The number of carbonyl (C=O) groups is 1. The zero-order valence-electron chi connectivity index (χ0n) is 26.9. The van der Waals surface area contributed by atoms with Gasteiger partial charge in [0.2, 0.25) is 0 Å². The van der Waals surface area contributed by atoms with Crippen LogP contribution in [0.1, 0.15) is 71.4 Å². The second-order valence-corrected chi connectivity index (χ2v) is 14.3. The number of allylic oxidation sites excluding steroid dienone is 7. The van der Waals surface area contributed by atoms with Crippen molar-refractivity contribution in [3.05, 3.63) is 89.7 Å². The quantitative estimate of drug-likeness (QED) is 0.116. The summed E-state index contributed by atoms with van der Waals surface area (Å²) in [6, 6.07) is 10.6. The topological polar surface area (TPSA) is 124 Å². The van der Waals surface area contributed by atoms with E-state index < -0.39 is 21.5 Å². The first kappa shape index (κ1) is 34.8. The van der Waals surface area contributed by atoms with Crippen molar-refractivity contribution in [2.75, 3.05) is 25.5 Å². The second-order valence-electron chi connectivity index (χ2n) is 13.0. The Morgan fingerprint density at radius 1 is 1.07 bits per heavy atom. The predicted octanol–water partition coefficient (Wildman–Crippen LogP) is 6.29. The van der Waals surface area contributed by atoms with E-state index in [1.807, 2.05) is 62.5 Å². The lowest BCUT2D eigenvalue weighted by molar-refractivity contribution is -0.572. The van der Waals surface area contributed by atoms with Crippen LogP contribution in [0.2, 0.25) is 0 Å². The molecule has 0 radical (unpaired) electrons. The highest BCUT2D eigenvalue weighted by molar-refractivity contribution is 7.85. The van der Waals surface area contributed by atoms with E-state index in [1.54, 1.807) is 6.07 Å². The van der Waals surface area contributed by atoms with Crippen LogP contribution in [0.4, 0.5) is 11.4 Å². The summed E-state index contributed by atoms with van der Waals surface area (Å²) in [5, 5.41) is 10.9. The monoisotopic (exact) mass is 622 g/mol. The molecule has 9 heteroatoms. The van der Waals surface area contributed by atoms with Gasteiger partial charge in [0.05, 0.1) is 11.4 Å². The van der Waals surface area contributed by atoms with Crippen LogP contribution in [0.25, 0.3) is 5.57 Å². The number of benzene rings is 2. The van der Waals surface area contributed by atoms with Crippen molar-refractivity contribution in [2.24, 2.45) is 5.41 Å². The number of fused-ring (bicyclic) bond motifs is 1. The van der Waals surface area contributed by atoms with Gasteiger partial charge in [-0.2, -0.15) is 0 Å². The summed E-state index contributed by atoms with van der Waals surface area (Å²) in [6.45, 7) is 15.3. The Morgan fingerprint density at radius 3 is 2.39 bits per heavy atom. The number of hydrogen-bond donors (Lipinski definition) is 2. The molecule has 0 bridgehead atoms. The van der Waals surface area contributed by atoms with Crippen LogP contribution in [-0.2, 0) is 20.3 Å². The normalized spacial score (nSPS) is 14.7. The molecule has 0 aliphatic carbocycles. The third-order valence-electron chi connectivity index (χ3n) is 7.86. The van der Waals surface area contributed by atoms with Crippen molar-refractivity contribution in [2.45, 2.75) is 70.6 Å². The molecule has 1 heterocycles. The number of quaternary nitrogens is 1. The van der Waals surface area contributed by atoms with Crippen LogP contribution in [0.3, 0.4) is 0 Å². The van der Waals surface area contributed by atoms with Gasteiger partial charge in [0, 0.05) is 60.3 Å². The van der Waals surface area contributed by atoms with Crippen molar-refractivity contribution in [3.63, 3.8) is 0 Å². The van der Waals surface area contributed by atoms with E-state index in [0.717, 1.165) is 52.4 Å². The molecule has 44 heavy (non-hydrogen) atoms. The Morgan fingerprint density at radius 2 is 1.77 bits per heavy atom. The molecule has 0 amide bonds. The first-order chi connectivity index (χ1) is 20.4. The number of ether oxygens (including phenoxy) is 1. The minimum Gasteiger partial charge on any atom is -0.744 e. The van der Waals surface area contributed by atoms with E-state index in [0.29, 0.717) is 18.5 Å². The van der Waals surface area contributed by atoms with Crippen molar-refractivity contribution in [1.29, 1.82) is 0 Å². The van der Waals surface area contributed by atoms with E-state index in [4.69, 9.17) is 9.84 Å². The summed E-state index contributed by atoms with van der Waals surface area (Å²) in [7, 11) is -0.669. The van der Waals surface area contributed by atoms with Gasteiger partial charge in [0.25, 0.3) is 0 Å². The average Bonchev–Trinajstić information content (AvgIpc) is 2.93. The highest BCUT2D eigenvalue weighted by Gasteiger charge is 2.29. The molecule has 0 fully saturated rings. The number of hydrogen-bond acceptors (Lipinski definition) is 6. The van der Waals surface area contributed by atoms with E-state index in [2.05, 4.69) is 45.6 Å².